The molecule has 1 saturated heterocycles. The number of aromatic nitrogens is 2. The number of aliphatic hydroxyl groups excluding tert-OH is 1. The van der Waals surface area contributed by atoms with E-state index >= 15 is 0 Å². The monoisotopic (exact) mass is 466 g/mol. The summed E-state index contributed by atoms with van der Waals surface area (Å²) in [6.07, 6.45) is 4.81. The molecule has 1 aliphatic heterocycles. The minimum absolute atomic E-state index is 0.112. The lowest BCUT2D eigenvalue weighted by Gasteiger charge is -2.14. The number of nitrogens with zero attached hydrogens (tertiary/aromatic N) is 3. The second-order valence-electron chi connectivity index (χ2n) is 7.18. The fourth-order valence-electron chi connectivity index (χ4n) is 3.45. The molecule has 0 radical (unpaired) electrons. The highest BCUT2D eigenvalue weighted by Gasteiger charge is 2.32. The highest BCUT2D eigenvalue weighted by atomic mass is 32.2. The molecule has 1 amide bonds. The molecule has 0 unspecified atom stereocenters. The molecular formula is C23H22N4O3S2. The summed E-state index contributed by atoms with van der Waals surface area (Å²) in [6.45, 7) is 0.636. The summed E-state index contributed by atoms with van der Waals surface area (Å²) in [5, 5.41) is 12.2. The van der Waals surface area contributed by atoms with Crippen LogP contribution in [0.5, 0.6) is 0 Å². The van der Waals surface area contributed by atoms with E-state index in [0.717, 1.165) is 12.8 Å². The lowest BCUT2D eigenvalue weighted by atomic mass is 10.1. The molecular weight excluding hydrogens is 444 g/mol. The molecule has 1 aliphatic rings. The Labute approximate surface area is 194 Å². The predicted molar refractivity (Wildman–Crippen MR) is 132 cm³/mol. The van der Waals surface area contributed by atoms with Gasteiger partial charge in [0, 0.05) is 19.3 Å². The molecule has 2 aromatic heterocycles. The maximum atomic E-state index is 13.1. The number of hydrogen-bond donors (Lipinski definition) is 2. The van der Waals surface area contributed by atoms with Gasteiger partial charge in [0.15, 0.2) is 0 Å². The van der Waals surface area contributed by atoms with Crippen LogP contribution >= 0.6 is 24.0 Å². The fraction of sp³-hybridized carbons (Fsp3) is 0.217. The molecule has 4 rings (SSSR count). The highest BCUT2D eigenvalue weighted by molar-refractivity contribution is 8.26. The Bertz CT molecular complexity index is 1240. The van der Waals surface area contributed by atoms with E-state index in [9.17, 15) is 14.7 Å². The normalized spacial score (nSPS) is 15.2. The summed E-state index contributed by atoms with van der Waals surface area (Å²) >= 11 is 6.62. The number of carbonyl (C=O) groups excluding carboxylic acids is 1. The van der Waals surface area contributed by atoms with Gasteiger partial charge >= 0.3 is 0 Å². The Morgan fingerprint density at radius 2 is 1.91 bits per heavy atom. The van der Waals surface area contributed by atoms with Crippen molar-refractivity contribution in [3.8, 4) is 0 Å². The summed E-state index contributed by atoms with van der Waals surface area (Å²) in [5.41, 5.74) is 1.64. The summed E-state index contributed by atoms with van der Waals surface area (Å²) in [4.78, 5) is 32.6. The number of hydrogen-bond acceptors (Lipinski definition) is 7. The van der Waals surface area contributed by atoms with E-state index < -0.39 is 0 Å². The van der Waals surface area contributed by atoms with E-state index in [0.29, 0.717) is 27.2 Å². The number of benzene rings is 1. The van der Waals surface area contributed by atoms with Crippen molar-refractivity contribution in [2.24, 2.45) is 0 Å². The van der Waals surface area contributed by atoms with Crippen molar-refractivity contribution in [2.75, 3.05) is 25.0 Å². The van der Waals surface area contributed by atoms with Gasteiger partial charge in [0.25, 0.3) is 11.5 Å². The first-order valence-corrected chi connectivity index (χ1v) is 11.5. The van der Waals surface area contributed by atoms with E-state index in [-0.39, 0.29) is 30.2 Å². The zero-order chi connectivity index (χ0) is 22.5. The average molecular weight is 467 g/mol. The van der Waals surface area contributed by atoms with Crippen LogP contribution in [0.25, 0.3) is 11.7 Å². The molecule has 1 fully saturated rings. The molecule has 7 nitrogen and oxygen atoms in total. The van der Waals surface area contributed by atoms with Gasteiger partial charge in [-0.1, -0.05) is 60.4 Å². The Hall–Kier alpha value is -3.01. The first-order valence-electron chi connectivity index (χ1n) is 10.2. The van der Waals surface area contributed by atoms with Gasteiger partial charge in [-0.25, -0.2) is 4.98 Å². The number of fused-ring (bicyclic) bond motifs is 1. The zero-order valence-corrected chi connectivity index (χ0v) is 18.9. The van der Waals surface area contributed by atoms with E-state index in [4.69, 9.17) is 12.2 Å². The van der Waals surface area contributed by atoms with Crippen molar-refractivity contribution in [1.29, 1.82) is 0 Å². The Morgan fingerprint density at radius 3 is 2.69 bits per heavy atom. The number of carbonyl (C=O) groups is 1. The van der Waals surface area contributed by atoms with Crippen LogP contribution < -0.4 is 10.9 Å². The molecule has 0 spiro atoms. The molecule has 2 N–H and O–H groups in total. The van der Waals surface area contributed by atoms with Crippen molar-refractivity contribution in [1.82, 2.24) is 14.3 Å². The Balaban J connectivity index is 1.59. The van der Waals surface area contributed by atoms with Crippen LogP contribution in [0.2, 0.25) is 0 Å². The minimum Gasteiger partial charge on any atom is -0.395 e. The Kier molecular flexibility index (Phi) is 6.99. The predicted octanol–water partition coefficient (Wildman–Crippen LogP) is 2.93. The maximum Gasteiger partial charge on any atom is 0.267 e. The van der Waals surface area contributed by atoms with Crippen LogP contribution in [0.4, 0.5) is 5.82 Å². The van der Waals surface area contributed by atoms with Crippen LogP contribution in [-0.2, 0) is 11.2 Å². The van der Waals surface area contributed by atoms with Gasteiger partial charge in [0.1, 0.15) is 15.8 Å². The number of aliphatic hydroxyl groups is 1. The van der Waals surface area contributed by atoms with Gasteiger partial charge < -0.3 is 10.4 Å². The number of aryl methyl sites for hydroxylation is 1. The topological polar surface area (TPSA) is 86.9 Å². The third kappa shape index (κ3) is 4.74. The van der Waals surface area contributed by atoms with E-state index in [1.54, 1.807) is 35.4 Å². The molecule has 3 heterocycles. The van der Waals surface area contributed by atoms with Crippen LogP contribution in [0.15, 0.2) is 64.4 Å². The first-order chi connectivity index (χ1) is 15.6. The molecule has 0 bridgehead atoms. The van der Waals surface area contributed by atoms with Gasteiger partial charge in [0.05, 0.1) is 17.1 Å². The van der Waals surface area contributed by atoms with Crippen LogP contribution in [-0.4, -0.2) is 49.3 Å². The zero-order valence-electron chi connectivity index (χ0n) is 17.2. The fourth-order valence-corrected chi connectivity index (χ4v) is 4.74. The molecule has 9 heteroatoms. The van der Waals surface area contributed by atoms with Gasteiger partial charge in [0.2, 0.25) is 0 Å². The van der Waals surface area contributed by atoms with E-state index in [2.05, 4.69) is 22.4 Å². The third-order valence-corrected chi connectivity index (χ3v) is 6.39. The van der Waals surface area contributed by atoms with Crippen LogP contribution in [0, 0.1) is 0 Å². The summed E-state index contributed by atoms with van der Waals surface area (Å²) in [6, 6.07) is 15.3. The third-order valence-electron chi connectivity index (χ3n) is 5.01. The van der Waals surface area contributed by atoms with Gasteiger partial charge in [-0.2, -0.15) is 0 Å². The molecule has 3 aromatic rings. The minimum atomic E-state index is -0.301. The lowest BCUT2D eigenvalue weighted by molar-refractivity contribution is -0.122. The largest absolute Gasteiger partial charge is 0.395 e. The standard InChI is InChI=1S/C23H22N4O3S2/c28-14-11-24-20-17(21(29)26-12-5-4-10-19(26)25-20)15-18-22(30)27(23(31)32-18)13-6-9-16-7-2-1-3-8-16/h1-5,7-8,10,12,15,24,28H,6,9,11,13-14H2. The van der Waals surface area contributed by atoms with E-state index in [1.807, 2.05) is 18.2 Å². The number of nitrogens with one attached hydrogen (secondary N) is 1. The Morgan fingerprint density at radius 1 is 1.12 bits per heavy atom. The van der Waals surface area contributed by atoms with Crippen molar-refractivity contribution >= 4 is 51.7 Å². The number of anilines is 1. The molecule has 1 aromatic carbocycles. The lowest BCUT2D eigenvalue weighted by Crippen LogP contribution is -2.29. The molecule has 0 saturated carbocycles. The second-order valence-corrected chi connectivity index (χ2v) is 8.86. The van der Waals surface area contributed by atoms with Gasteiger partial charge in [-0.3, -0.25) is 18.9 Å². The summed E-state index contributed by atoms with van der Waals surface area (Å²) < 4.78 is 1.91. The van der Waals surface area contributed by atoms with E-state index in [1.165, 1.54) is 21.7 Å². The molecule has 32 heavy (non-hydrogen) atoms. The number of amides is 1. The number of thiocarbonyl (C=S) groups is 1. The van der Waals surface area contributed by atoms with Gasteiger partial charge in [-0.05, 0) is 36.6 Å². The van der Waals surface area contributed by atoms with Crippen molar-refractivity contribution < 1.29 is 9.90 Å². The SMILES string of the molecule is O=C1C(=Cc2c(NCCO)nc3ccccn3c2=O)SC(=S)N1CCCc1ccccc1. The molecule has 0 aliphatic carbocycles. The quantitative estimate of drug-likeness (QED) is 0.390. The molecule has 164 valence electrons. The smallest absolute Gasteiger partial charge is 0.267 e. The van der Waals surface area contributed by atoms with Crippen molar-refractivity contribution in [3.63, 3.8) is 0 Å². The van der Waals surface area contributed by atoms with Gasteiger partial charge in [-0.15, -0.1) is 0 Å². The van der Waals surface area contributed by atoms with Crippen molar-refractivity contribution in [3.05, 3.63) is 81.1 Å². The summed E-state index contributed by atoms with van der Waals surface area (Å²) in [7, 11) is 0. The number of pyridine rings is 1. The molecule has 0 atom stereocenters. The van der Waals surface area contributed by atoms with Crippen molar-refractivity contribution in [2.45, 2.75) is 12.8 Å². The summed E-state index contributed by atoms with van der Waals surface area (Å²) in [5.74, 6) is 0.114. The maximum absolute atomic E-state index is 13.1. The average Bonchev–Trinajstić information content (AvgIpc) is 3.08. The first kappa shape index (κ1) is 22.2. The number of rotatable bonds is 8. The van der Waals surface area contributed by atoms with Crippen LogP contribution in [0.1, 0.15) is 17.5 Å². The second kappa shape index (κ2) is 10.1. The number of thioether (sulfide) groups is 1. The van der Waals surface area contributed by atoms with Crippen LogP contribution in [0.3, 0.4) is 0 Å². The highest BCUT2D eigenvalue weighted by Crippen LogP contribution is 2.33.